The van der Waals surface area contributed by atoms with E-state index in [0.29, 0.717) is 19.6 Å². The van der Waals surface area contributed by atoms with Gasteiger partial charge < -0.3 is 14.7 Å². The maximum atomic E-state index is 12.1. The fraction of sp³-hybridized carbons (Fsp3) is 0.900. The lowest BCUT2D eigenvalue weighted by atomic mass is 10.3. The molecule has 0 aromatic heterocycles. The first-order chi connectivity index (χ1) is 7.61. The van der Waals surface area contributed by atoms with Crippen LogP contribution in [0, 0.1) is 0 Å². The molecule has 0 fully saturated rings. The predicted octanol–water partition coefficient (Wildman–Crippen LogP) is 0.889. The van der Waals surface area contributed by atoms with E-state index in [2.05, 4.69) is 0 Å². The number of hydrogen-bond acceptors (Lipinski definition) is 3. The number of rotatable bonds is 9. The van der Waals surface area contributed by atoms with Gasteiger partial charge in [-0.3, -0.25) is 4.79 Å². The fourth-order valence-electron chi connectivity index (χ4n) is 1.23. The third-order valence-corrected chi connectivity index (χ3v) is 1.96. The van der Waals surface area contributed by atoms with Crippen LogP contribution >= 0.6 is 0 Å². The smallest absolute Gasteiger partial charge is 0.255 e. The van der Waals surface area contributed by atoms with Crippen LogP contribution in [0.2, 0.25) is 0 Å². The minimum Gasteiger partial charge on any atom is -0.395 e. The topological polar surface area (TPSA) is 49.8 Å². The summed E-state index contributed by atoms with van der Waals surface area (Å²) < 4.78 is 29.3. The Hall–Kier alpha value is -0.750. The molecule has 0 heterocycles. The lowest BCUT2D eigenvalue weighted by Gasteiger charge is -2.21. The molecule has 0 aliphatic heterocycles. The summed E-state index contributed by atoms with van der Waals surface area (Å²) in [5.41, 5.74) is 0. The van der Waals surface area contributed by atoms with Crippen molar-refractivity contribution < 1.29 is 23.4 Å². The van der Waals surface area contributed by atoms with Gasteiger partial charge in [0.2, 0.25) is 5.91 Å². The summed E-state index contributed by atoms with van der Waals surface area (Å²) in [6.07, 6.45) is -1.88. The normalized spacial score (nSPS) is 10.8. The molecule has 0 rings (SSSR count). The highest BCUT2D eigenvalue weighted by Crippen LogP contribution is 2.03. The van der Waals surface area contributed by atoms with Crippen molar-refractivity contribution in [1.29, 1.82) is 0 Å². The highest BCUT2D eigenvalue weighted by molar-refractivity contribution is 5.76. The number of hydrogen-bond donors (Lipinski definition) is 1. The molecule has 0 saturated heterocycles. The number of nitrogens with zero attached hydrogens (tertiary/aromatic N) is 1. The summed E-state index contributed by atoms with van der Waals surface area (Å²) in [5, 5.41) is 8.64. The van der Waals surface area contributed by atoms with Gasteiger partial charge in [-0.25, -0.2) is 8.78 Å². The Kier molecular flexibility index (Phi) is 9.03. The van der Waals surface area contributed by atoms with E-state index in [9.17, 15) is 13.6 Å². The van der Waals surface area contributed by atoms with Crippen molar-refractivity contribution in [2.45, 2.75) is 26.2 Å². The Morgan fingerprint density at radius 1 is 1.50 bits per heavy atom. The molecule has 0 atom stereocenters. The van der Waals surface area contributed by atoms with Crippen LogP contribution in [-0.4, -0.2) is 55.2 Å². The monoisotopic (exact) mass is 239 g/mol. The molecule has 0 aliphatic rings. The molecule has 0 unspecified atom stereocenters. The second-order valence-electron chi connectivity index (χ2n) is 3.25. The van der Waals surface area contributed by atoms with E-state index in [0.717, 1.165) is 4.90 Å². The lowest BCUT2D eigenvalue weighted by Crippen LogP contribution is -2.37. The Morgan fingerprint density at radius 3 is 2.69 bits per heavy atom. The van der Waals surface area contributed by atoms with Crippen LogP contribution in [0.4, 0.5) is 8.78 Å². The summed E-state index contributed by atoms with van der Waals surface area (Å²) >= 11 is 0. The highest BCUT2D eigenvalue weighted by Gasteiger charge is 2.16. The van der Waals surface area contributed by atoms with Gasteiger partial charge in [-0.1, -0.05) is 0 Å². The molecular formula is C10H19F2NO3. The van der Waals surface area contributed by atoms with Gasteiger partial charge in [-0.15, -0.1) is 0 Å². The zero-order chi connectivity index (χ0) is 12.4. The van der Waals surface area contributed by atoms with Crippen molar-refractivity contribution in [3.8, 4) is 0 Å². The van der Waals surface area contributed by atoms with Crippen molar-refractivity contribution in [1.82, 2.24) is 4.90 Å². The van der Waals surface area contributed by atoms with Gasteiger partial charge in [0.15, 0.2) is 0 Å². The molecule has 96 valence electrons. The second-order valence-corrected chi connectivity index (χ2v) is 3.25. The van der Waals surface area contributed by atoms with Crippen molar-refractivity contribution in [3.05, 3.63) is 0 Å². The Labute approximate surface area is 94.2 Å². The maximum absolute atomic E-state index is 12.1. The molecule has 0 aromatic rings. The molecular weight excluding hydrogens is 220 g/mol. The minimum absolute atomic E-state index is 0.0438. The van der Waals surface area contributed by atoms with Gasteiger partial charge in [0.25, 0.3) is 6.43 Å². The SMILES string of the molecule is CCOCCCC(=O)N(CCO)CC(F)F. The number of ether oxygens (including phenoxy) is 1. The molecule has 0 spiro atoms. The minimum atomic E-state index is -2.57. The molecule has 6 heteroatoms. The van der Waals surface area contributed by atoms with Crippen molar-refractivity contribution >= 4 is 5.91 Å². The first kappa shape index (κ1) is 15.2. The Morgan fingerprint density at radius 2 is 2.19 bits per heavy atom. The number of halogens is 2. The molecule has 0 radical (unpaired) electrons. The fourth-order valence-corrected chi connectivity index (χ4v) is 1.23. The average molecular weight is 239 g/mol. The Bertz CT molecular complexity index is 191. The van der Waals surface area contributed by atoms with Crippen LogP contribution < -0.4 is 0 Å². The first-order valence-corrected chi connectivity index (χ1v) is 5.36. The van der Waals surface area contributed by atoms with E-state index in [4.69, 9.17) is 9.84 Å². The predicted molar refractivity (Wildman–Crippen MR) is 55.4 cm³/mol. The van der Waals surface area contributed by atoms with E-state index in [1.165, 1.54) is 0 Å². The third-order valence-electron chi connectivity index (χ3n) is 1.96. The van der Waals surface area contributed by atoms with Crippen LogP contribution in [0.25, 0.3) is 0 Å². The van der Waals surface area contributed by atoms with E-state index in [1.54, 1.807) is 0 Å². The number of aliphatic hydroxyl groups is 1. The van der Waals surface area contributed by atoms with Gasteiger partial charge in [-0.2, -0.15) is 0 Å². The summed E-state index contributed by atoms with van der Waals surface area (Å²) in [4.78, 5) is 12.4. The number of carbonyl (C=O) groups excluding carboxylic acids is 1. The standard InChI is InChI=1S/C10H19F2NO3/c1-2-16-7-3-4-10(15)13(5-6-14)8-9(11)12/h9,14H,2-8H2,1H3. The summed E-state index contributed by atoms with van der Waals surface area (Å²) in [5.74, 6) is -0.367. The van der Waals surface area contributed by atoms with E-state index in [-0.39, 0.29) is 25.5 Å². The summed E-state index contributed by atoms with van der Waals surface area (Å²) in [7, 11) is 0. The number of aliphatic hydroxyl groups excluding tert-OH is 1. The molecule has 0 aromatic carbocycles. The van der Waals surface area contributed by atoms with Crippen LogP contribution in [0.1, 0.15) is 19.8 Å². The Balaban J connectivity index is 3.87. The van der Waals surface area contributed by atoms with Crippen LogP contribution in [-0.2, 0) is 9.53 Å². The van der Waals surface area contributed by atoms with Gasteiger partial charge in [0, 0.05) is 26.2 Å². The first-order valence-electron chi connectivity index (χ1n) is 5.36. The molecule has 0 bridgehead atoms. The summed E-state index contributed by atoms with van der Waals surface area (Å²) in [6.45, 7) is 1.90. The quantitative estimate of drug-likeness (QED) is 0.608. The zero-order valence-electron chi connectivity index (χ0n) is 9.49. The summed E-state index contributed by atoms with van der Waals surface area (Å²) in [6, 6.07) is 0. The molecule has 1 amide bonds. The van der Waals surface area contributed by atoms with Gasteiger partial charge in [0.05, 0.1) is 13.2 Å². The third kappa shape index (κ3) is 7.53. The van der Waals surface area contributed by atoms with Crippen molar-refractivity contribution in [2.24, 2.45) is 0 Å². The number of alkyl halides is 2. The van der Waals surface area contributed by atoms with E-state index >= 15 is 0 Å². The molecule has 0 aliphatic carbocycles. The molecule has 16 heavy (non-hydrogen) atoms. The zero-order valence-corrected chi connectivity index (χ0v) is 9.49. The highest BCUT2D eigenvalue weighted by atomic mass is 19.3. The second kappa shape index (κ2) is 9.47. The largest absolute Gasteiger partial charge is 0.395 e. The molecule has 0 saturated carbocycles. The molecule has 1 N–H and O–H groups in total. The van der Waals surface area contributed by atoms with Gasteiger partial charge in [0.1, 0.15) is 0 Å². The van der Waals surface area contributed by atoms with Crippen LogP contribution in [0.3, 0.4) is 0 Å². The maximum Gasteiger partial charge on any atom is 0.255 e. The number of carbonyl (C=O) groups is 1. The van der Waals surface area contributed by atoms with Crippen LogP contribution in [0.15, 0.2) is 0 Å². The van der Waals surface area contributed by atoms with Crippen molar-refractivity contribution in [2.75, 3.05) is 32.9 Å². The average Bonchev–Trinajstić information content (AvgIpc) is 2.23. The van der Waals surface area contributed by atoms with Crippen molar-refractivity contribution in [3.63, 3.8) is 0 Å². The van der Waals surface area contributed by atoms with E-state index in [1.807, 2.05) is 6.92 Å². The van der Waals surface area contributed by atoms with E-state index < -0.39 is 13.0 Å². The lowest BCUT2D eigenvalue weighted by molar-refractivity contribution is -0.134. The van der Waals surface area contributed by atoms with Gasteiger partial charge in [-0.05, 0) is 13.3 Å². The van der Waals surface area contributed by atoms with Gasteiger partial charge >= 0.3 is 0 Å². The molecule has 4 nitrogen and oxygen atoms in total. The number of amides is 1. The van der Waals surface area contributed by atoms with Crippen LogP contribution in [0.5, 0.6) is 0 Å².